The van der Waals surface area contributed by atoms with Crippen molar-refractivity contribution >= 4 is 16.8 Å². The molecule has 1 amide bonds. The van der Waals surface area contributed by atoms with Crippen LogP contribution in [0.25, 0.3) is 10.9 Å². The Labute approximate surface area is 113 Å². The molecule has 1 unspecified atom stereocenters. The van der Waals surface area contributed by atoms with Crippen LogP contribution in [0, 0.1) is 0 Å². The SMILES string of the molecule is CC(C)NC(=O)C(C)NCc1cccc2[nH]ccc12. The van der Waals surface area contributed by atoms with Crippen LogP contribution < -0.4 is 10.6 Å². The van der Waals surface area contributed by atoms with Gasteiger partial charge in [0, 0.05) is 29.7 Å². The van der Waals surface area contributed by atoms with Gasteiger partial charge in [-0.05, 0) is 38.5 Å². The first-order valence-electron chi connectivity index (χ1n) is 6.66. The number of nitrogens with one attached hydrogen (secondary N) is 3. The second-order valence-corrected chi connectivity index (χ2v) is 5.12. The number of aromatic nitrogens is 1. The van der Waals surface area contributed by atoms with Gasteiger partial charge >= 0.3 is 0 Å². The molecular weight excluding hydrogens is 238 g/mol. The molecule has 3 N–H and O–H groups in total. The lowest BCUT2D eigenvalue weighted by Gasteiger charge is -2.16. The third kappa shape index (κ3) is 3.35. The Balaban J connectivity index is 1.98. The Kier molecular flexibility index (Phi) is 4.22. The van der Waals surface area contributed by atoms with E-state index < -0.39 is 0 Å². The fourth-order valence-corrected chi connectivity index (χ4v) is 2.07. The predicted octanol–water partition coefficient (Wildman–Crippen LogP) is 2.17. The van der Waals surface area contributed by atoms with Crippen molar-refractivity contribution in [2.75, 3.05) is 0 Å². The van der Waals surface area contributed by atoms with Gasteiger partial charge in [0.05, 0.1) is 6.04 Å². The van der Waals surface area contributed by atoms with Crippen LogP contribution in [-0.4, -0.2) is 23.0 Å². The maximum absolute atomic E-state index is 11.8. The van der Waals surface area contributed by atoms with Gasteiger partial charge in [-0.25, -0.2) is 0 Å². The summed E-state index contributed by atoms with van der Waals surface area (Å²) in [5, 5.41) is 7.36. The molecule has 0 saturated heterocycles. The summed E-state index contributed by atoms with van der Waals surface area (Å²) in [5.74, 6) is 0.0382. The van der Waals surface area contributed by atoms with E-state index in [4.69, 9.17) is 0 Å². The maximum atomic E-state index is 11.8. The minimum Gasteiger partial charge on any atom is -0.361 e. The van der Waals surface area contributed by atoms with Gasteiger partial charge in [0.25, 0.3) is 0 Å². The number of fused-ring (bicyclic) bond motifs is 1. The lowest BCUT2D eigenvalue weighted by atomic mass is 10.1. The van der Waals surface area contributed by atoms with Gasteiger partial charge in [0.15, 0.2) is 0 Å². The largest absolute Gasteiger partial charge is 0.361 e. The average molecular weight is 259 g/mol. The number of amides is 1. The fraction of sp³-hybridized carbons (Fsp3) is 0.400. The van der Waals surface area contributed by atoms with Gasteiger partial charge in [-0.15, -0.1) is 0 Å². The van der Waals surface area contributed by atoms with E-state index in [0.29, 0.717) is 6.54 Å². The number of hydrogen-bond donors (Lipinski definition) is 3. The zero-order valence-electron chi connectivity index (χ0n) is 11.7. The summed E-state index contributed by atoms with van der Waals surface area (Å²) in [6.07, 6.45) is 1.93. The molecule has 1 aromatic carbocycles. The highest BCUT2D eigenvalue weighted by molar-refractivity contribution is 5.83. The quantitative estimate of drug-likeness (QED) is 0.770. The highest BCUT2D eigenvalue weighted by Gasteiger charge is 2.13. The molecule has 0 aliphatic rings. The number of carbonyl (C=O) groups excluding carboxylic acids is 1. The molecule has 0 fully saturated rings. The van der Waals surface area contributed by atoms with Crippen LogP contribution in [0.5, 0.6) is 0 Å². The van der Waals surface area contributed by atoms with Crippen molar-refractivity contribution in [1.29, 1.82) is 0 Å². The number of carbonyl (C=O) groups is 1. The van der Waals surface area contributed by atoms with E-state index in [1.54, 1.807) is 0 Å². The Morgan fingerprint density at radius 2 is 2.05 bits per heavy atom. The molecule has 1 atom stereocenters. The predicted molar refractivity (Wildman–Crippen MR) is 77.9 cm³/mol. The van der Waals surface area contributed by atoms with Gasteiger partial charge in [-0.3, -0.25) is 4.79 Å². The summed E-state index contributed by atoms with van der Waals surface area (Å²) in [7, 11) is 0. The molecule has 0 radical (unpaired) electrons. The first-order valence-corrected chi connectivity index (χ1v) is 6.66. The molecule has 19 heavy (non-hydrogen) atoms. The fourth-order valence-electron chi connectivity index (χ4n) is 2.07. The van der Waals surface area contributed by atoms with Crippen LogP contribution in [0.3, 0.4) is 0 Å². The smallest absolute Gasteiger partial charge is 0.237 e. The minimum atomic E-state index is -0.198. The van der Waals surface area contributed by atoms with E-state index in [9.17, 15) is 4.79 Å². The van der Waals surface area contributed by atoms with Crippen molar-refractivity contribution in [2.24, 2.45) is 0 Å². The van der Waals surface area contributed by atoms with Crippen LogP contribution >= 0.6 is 0 Å². The van der Waals surface area contributed by atoms with E-state index >= 15 is 0 Å². The van der Waals surface area contributed by atoms with Crippen LogP contribution in [0.2, 0.25) is 0 Å². The molecule has 0 saturated carbocycles. The van der Waals surface area contributed by atoms with E-state index in [-0.39, 0.29) is 18.0 Å². The first-order chi connectivity index (χ1) is 9.08. The molecule has 4 heteroatoms. The van der Waals surface area contributed by atoms with E-state index in [2.05, 4.69) is 27.8 Å². The Morgan fingerprint density at radius 1 is 1.26 bits per heavy atom. The van der Waals surface area contributed by atoms with Crippen molar-refractivity contribution in [3.8, 4) is 0 Å². The van der Waals surface area contributed by atoms with Crippen LogP contribution in [0.1, 0.15) is 26.3 Å². The minimum absolute atomic E-state index is 0.0382. The van der Waals surface area contributed by atoms with Crippen molar-refractivity contribution in [2.45, 2.75) is 39.4 Å². The molecule has 1 heterocycles. The molecule has 2 aromatic rings. The van der Waals surface area contributed by atoms with Crippen molar-refractivity contribution < 1.29 is 4.79 Å². The topological polar surface area (TPSA) is 56.9 Å². The number of benzene rings is 1. The number of rotatable bonds is 5. The number of aromatic amines is 1. The van der Waals surface area contributed by atoms with Crippen LogP contribution in [-0.2, 0) is 11.3 Å². The maximum Gasteiger partial charge on any atom is 0.237 e. The molecule has 0 aliphatic carbocycles. The summed E-state index contributed by atoms with van der Waals surface area (Å²) < 4.78 is 0. The normalized spacial score (nSPS) is 12.8. The second kappa shape index (κ2) is 5.89. The average Bonchev–Trinajstić information content (AvgIpc) is 2.83. The van der Waals surface area contributed by atoms with Crippen LogP contribution in [0.4, 0.5) is 0 Å². The van der Waals surface area contributed by atoms with E-state index in [1.165, 1.54) is 10.9 Å². The highest BCUT2D eigenvalue weighted by atomic mass is 16.2. The Bertz CT molecular complexity index is 559. The third-order valence-electron chi connectivity index (χ3n) is 3.11. The number of hydrogen-bond acceptors (Lipinski definition) is 2. The van der Waals surface area contributed by atoms with Gasteiger partial charge in [0.1, 0.15) is 0 Å². The monoisotopic (exact) mass is 259 g/mol. The van der Waals surface area contributed by atoms with Gasteiger partial charge < -0.3 is 15.6 Å². The standard InChI is InChI=1S/C15H21N3O/c1-10(2)18-15(19)11(3)17-9-12-5-4-6-14-13(12)7-8-16-14/h4-8,10-11,16-17H,9H2,1-3H3,(H,18,19). The van der Waals surface area contributed by atoms with Crippen molar-refractivity contribution in [3.05, 3.63) is 36.0 Å². The molecular formula is C15H21N3O. The molecule has 0 spiro atoms. The molecule has 4 nitrogen and oxygen atoms in total. The zero-order chi connectivity index (χ0) is 13.8. The Hall–Kier alpha value is -1.81. The van der Waals surface area contributed by atoms with E-state index in [1.807, 2.05) is 39.1 Å². The van der Waals surface area contributed by atoms with E-state index in [0.717, 1.165) is 5.52 Å². The first kappa shape index (κ1) is 13.6. The summed E-state index contributed by atoms with van der Waals surface area (Å²) in [4.78, 5) is 15.0. The molecule has 102 valence electrons. The summed E-state index contributed by atoms with van der Waals surface area (Å²) in [5.41, 5.74) is 2.32. The summed E-state index contributed by atoms with van der Waals surface area (Å²) >= 11 is 0. The summed E-state index contributed by atoms with van der Waals surface area (Å²) in [6, 6.07) is 8.19. The van der Waals surface area contributed by atoms with Gasteiger partial charge in [-0.1, -0.05) is 12.1 Å². The number of H-pyrrole nitrogens is 1. The van der Waals surface area contributed by atoms with Gasteiger partial charge in [0.2, 0.25) is 5.91 Å². The third-order valence-corrected chi connectivity index (χ3v) is 3.11. The van der Waals surface area contributed by atoms with Crippen molar-refractivity contribution in [3.63, 3.8) is 0 Å². The second-order valence-electron chi connectivity index (χ2n) is 5.12. The van der Waals surface area contributed by atoms with Crippen LogP contribution in [0.15, 0.2) is 30.5 Å². The lowest BCUT2D eigenvalue weighted by molar-refractivity contribution is -0.123. The molecule has 1 aromatic heterocycles. The highest BCUT2D eigenvalue weighted by Crippen LogP contribution is 2.17. The Morgan fingerprint density at radius 3 is 2.79 bits per heavy atom. The lowest BCUT2D eigenvalue weighted by Crippen LogP contribution is -2.44. The van der Waals surface area contributed by atoms with Gasteiger partial charge in [-0.2, -0.15) is 0 Å². The molecule has 0 bridgehead atoms. The zero-order valence-corrected chi connectivity index (χ0v) is 11.7. The summed E-state index contributed by atoms with van der Waals surface area (Å²) in [6.45, 7) is 6.49. The molecule has 2 rings (SSSR count). The van der Waals surface area contributed by atoms with Crippen molar-refractivity contribution in [1.82, 2.24) is 15.6 Å². The molecule has 0 aliphatic heterocycles.